The molecule has 2 aromatic rings. The lowest BCUT2D eigenvalue weighted by atomic mass is 10.1. The normalized spacial score (nSPS) is 10.7. The van der Waals surface area contributed by atoms with E-state index in [9.17, 15) is 4.79 Å². The van der Waals surface area contributed by atoms with Crippen molar-refractivity contribution in [3.63, 3.8) is 0 Å². The van der Waals surface area contributed by atoms with Gasteiger partial charge in [-0.05, 0) is 43.5 Å². The van der Waals surface area contributed by atoms with Gasteiger partial charge in [0.25, 0.3) is 0 Å². The van der Waals surface area contributed by atoms with Gasteiger partial charge in [-0.1, -0.05) is 73.4 Å². The zero-order valence-corrected chi connectivity index (χ0v) is 16.5. The highest BCUT2D eigenvalue weighted by molar-refractivity contribution is 5.91. The van der Waals surface area contributed by atoms with E-state index >= 15 is 0 Å². The lowest BCUT2D eigenvalue weighted by Crippen LogP contribution is -2.36. The molecule has 0 unspecified atom stereocenters. The van der Waals surface area contributed by atoms with Crippen LogP contribution in [0.25, 0.3) is 0 Å². The van der Waals surface area contributed by atoms with Gasteiger partial charge in [-0.3, -0.25) is 0 Å². The van der Waals surface area contributed by atoms with Gasteiger partial charge in [0.2, 0.25) is 0 Å². The Bertz CT molecular complexity index is 716. The molecule has 0 saturated heterocycles. The molecule has 2 amide bonds. The molecule has 0 saturated carbocycles. The number of rotatable bonds is 12. The highest BCUT2D eigenvalue weighted by atomic mass is 16.2. The third-order valence-electron chi connectivity index (χ3n) is 4.31. The fourth-order valence-electron chi connectivity index (χ4n) is 2.76. The van der Waals surface area contributed by atoms with Crippen LogP contribution in [0.2, 0.25) is 0 Å². The third-order valence-corrected chi connectivity index (χ3v) is 4.31. The zero-order valence-electron chi connectivity index (χ0n) is 16.5. The number of carbonyl (C=O) groups is 1. The molecule has 2 aromatic carbocycles. The first-order valence-electron chi connectivity index (χ1n) is 10.0. The maximum absolute atomic E-state index is 12.6. The number of anilines is 1. The Kier molecular flexibility index (Phi) is 10.1. The average Bonchev–Trinajstić information content (AvgIpc) is 2.74. The van der Waals surface area contributed by atoms with E-state index in [4.69, 9.17) is 0 Å². The molecule has 28 heavy (non-hydrogen) atoms. The first-order valence-corrected chi connectivity index (χ1v) is 10.0. The van der Waals surface area contributed by atoms with E-state index < -0.39 is 0 Å². The van der Waals surface area contributed by atoms with E-state index in [1.165, 1.54) is 30.7 Å². The Morgan fingerprint density at radius 2 is 1.50 bits per heavy atom. The van der Waals surface area contributed by atoms with Crippen molar-refractivity contribution in [2.24, 2.45) is 10.3 Å². The lowest BCUT2D eigenvalue weighted by molar-refractivity contribution is 0.246. The fraction of sp³-hybridized carbons (Fsp3) is 0.348. The summed E-state index contributed by atoms with van der Waals surface area (Å²) >= 11 is 0. The van der Waals surface area contributed by atoms with Gasteiger partial charge in [0.05, 0.1) is 11.4 Å². The van der Waals surface area contributed by atoms with Crippen LogP contribution in [0.3, 0.4) is 0 Å². The minimum Gasteiger partial charge on any atom is -0.336 e. The Balaban J connectivity index is 1.81. The topological polar surface area (TPSA) is 57.1 Å². The number of nitrogens with one attached hydrogen (secondary N) is 1. The molecule has 1 N–H and O–H groups in total. The number of carbonyl (C=O) groups excluding carboxylic acids is 1. The molecule has 5 nitrogen and oxygen atoms in total. The van der Waals surface area contributed by atoms with Crippen molar-refractivity contribution in [1.29, 1.82) is 0 Å². The monoisotopic (exact) mass is 378 g/mol. The number of para-hydroxylation sites is 1. The Labute approximate surface area is 168 Å². The first kappa shape index (κ1) is 21.4. The molecule has 0 fully saturated rings. The SMILES string of the molecule is C=CCCCCCCCCNC(=O)N(N=Nc1ccccc1)c1ccccc1. The predicted octanol–water partition coefficient (Wildman–Crippen LogP) is 6.82. The van der Waals surface area contributed by atoms with Crippen LogP contribution in [0.4, 0.5) is 16.2 Å². The number of unbranched alkanes of at least 4 members (excludes halogenated alkanes) is 6. The summed E-state index contributed by atoms with van der Waals surface area (Å²) in [5, 5.41) is 12.6. The Morgan fingerprint density at radius 1 is 0.893 bits per heavy atom. The van der Waals surface area contributed by atoms with Crippen LogP contribution in [0.1, 0.15) is 44.9 Å². The number of nitrogens with zero attached hydrogens (tertiary/aromatic N) is 3. The van der Waals surface area contributed by atoms with Crippen molar-refractivity contribution in [2.75, 3.05) is 11.6 Å². The van der Waals surface area contributed by atoms with E-state index in [0.717, 1.165) is 19.3 Å². The number of hydrogen-bond donors (Lipinski definition) is 1. The van der Waals surface area contributed by atoms with Gasteiger partial charge in [0.15, 0.2) is 0 Å². The molecule has 0 aliphatic carbocycles. The summed E-state index contributed by atoms with van der Waals surface area (Å²) in [4.78, 5) is 12.6. The standard InChI is InChI=1S/C23H30N4O/c1-2-3-4-5-6-7-8-15-20-24-23(28)27(22-18-13-10-14-19-22)26-25-21-16-11-9-12-17-21/h2,9-14,16-19H,1,3-8,15,20H2,(H,24,28). The van der Waals surface area contributed by atoms with Gasteiger partial charge in [-0.25, -0.2) is 4.79 Å². The van der Waals surface area contributed by atoms with E-state index in [-0.39, 0.29) is 6.03 Å². The first-order chi connectivity index (χ1) is 13.8. The summed E-state index contributed by atoms with van der Waals surface area (Å²) in [5.74, 6) is 0. The Hall–Kier alpha value is -2.95. The van der Waals surface area contributed by atoms with Crippen molar-refractivity contribution < 1.29 is 4.79 Å². The largest absolute Gasteiger partial charge is 0.344 e. The fourth-order valence-corrected chi connectivity index (χ4v) is 2.76. The molecule has 5 heteroatoms. The molecule has 0 spiro atoms. The second kappa shape index (κ2) is 13.3. The van der Waals surface area contributed by atoms with E-state index in [1.807, 2.05) is 66.7 Å². The Morgan fingerprint density at radius 3 is 2.18 bits per heavy atom. The van der Waals surface area contributed by atoms with Crippen molar-refractivity contribution in [3.8, 4) is 0 Å². The third kappa shape index (κ3) is 8.16. The second-order valence-electron chi connectivity index (χ2n) is 6.60. The number of urea groups is 1. The molecule has 0 aliphatic rings. The molecule has 0 aromatic heterocycles. The van der Waals surface area contributed by atoms with Crippen molar-refractivity contribution >= 4 is 17.4 Å². The summed E-state index contributed by atoms with van der Waals surface area (Å²) in [7, 11) is 0. The molecule has 0 aliphatic heterocycles. The molecular formula is C23H30N4O. The van der Waals surface area contributed by atoms with Gasteiger partial charge in [0.1, 0.15) is 0 Å². The quantitative estimate of drug-likeness (QED) is 0.187. The summed E-state index contributed by atoms with van der Waals surface area (Å²) < 4.78 is 0. The highest BCUT2D eigenvalue weighted by Crippen LogP contribution is 2.17. The summed E-state index contributed by atoms with van der Waals surface area (Å²) in [6.07, 6.45) is 10.1. The molecule has 148 valence electrons. The van der Waals surface area contributed by atoms with Crippen LogP contribution >= 0.6 is 0 Å². The highest BCUT2D eigenvalue weighted by Gasteiger charge is 2.14. The summed E-state index contributed by atoms with van der Waals surface area (Å²) in [6, 6.07) is 18.5. The van der Waals surface area contributed by atoms with Gasteiger partial charge < -0.3 is 5.32 Å². The van der Waals surface area contributed by atoms with E-state index in [2.05, 4.69) is 22.2 Å². The molecule has 2 rings (SSSR count). The second-order valence-corrected chi connectivity index (χ2v) is 6.60. The molecule has 0 heterocycles. The smallest absolute Gasteiger partial charge is 0.336 e. The van der Waals surface area contributed by atoms with Crippen LogP contribution in [0.5, 0.6) is 0 Å². The molecule has 0 radical (unpaired) electrons. The average molecular weight is 379 g/mol. The minimum atomic E-state index is -0.267. The van der Waals surface area contributed by atoms with Crippen molar-refractivity contribution in [3.05, 3.63) is 73.3 Å². The number of hydrogen-bond acceptors (Lipinski definition) is 3. The van der Waals surface area contributed by atoms with Gasteiger partial charge in [-0.2, -0.15) is 5.01 Å². The number of allylic oxidation sites excluding steroid dienone is 1. The molecular weight excluding hydrogens is 348 g/mol. The van der Waals surface area contributed by atoms with Gasteiger partial charge >= 0.3 is 6.03 Å². The van der Waals surface area contributed by atoms with E-state index in [0.29, 0.717) is 17.9 Å². The van der Waals surface area contributed by atoms with Crippen LogP contribution in [0, 0.1) is 0 Å². The van der Waals surface area contributed by atoms with Crippen LogP contribution in [-0.4, -0.2) is 12.6 Å². The van der Waals surface area contributed by atoms with Crippen LogP contribution in [-0.2, 0) is 0 Å². The summed E-state index contributed by atoms with van der Waals surface area (Å²) in [5.41, 5.74) is 1.38. The van der Waals surface area contributed by atoms with Crippen LogP contribution < -0.4 is 10.3 Å². The van der Waals surface area contributed by atoms with Crippen molar-refractivity contribution in [1.82, 2.24) is 5.32 Å². The van der Waals surface area contributed by atoms with E-state index in [1.54, 1.807) is 0 Å². The van der Waals surface area contributed by atoms with Gasteiger partial charge in [-0.15, -0.1) is 11.7 Å². The van der Waals surface area contributed by atoms with Crippen LogP contribution in [0.15, 0.2) is 83.7 Å². The van der Waals surface area contributed by atoms with Gasteiger partial charge in [0, 0.05) is 6.54 Å². The maximum atomic E-state index is 12.6. The minimum absolute atomic E-state index is 0.267. The molecule has 0 bridgehead atoms. The summed E-state index contributed by atoms with van der Waals surface area (Å²) in [6.45, 7) is 4.38. The predicted molar refractivity (Wildman–Crippen MR) is 116 cm³/mol. The zero-order chi connectivity index (χ0) is 19.9. The lowest BCUT2D eigenvalue weighted by Gasteiger charge is -2.16. The number of benzene rings is 2. The van der Waals surface area contributed by atoms with Crippen molar-refractivity contribution in [2.45, 2.75) is 44.9 Å². The molecule has 0 atom stereocenters. The maximum Gasteiger partial charge on any atom is 0.344 e. The number of amides is 2.